The van der Waals surface area contributed by atoms with Gasteiger partial charge in [0.05, 0.1) is 4.90 Å². The van der Waals surface area contributed by atoms with Gasteiger partial charge in [-0.15, -0.1) is 0 Å². The maximum Gasteiger partial charge on any atom is 0.262 e. The molecule has 2 aromatic carbocycles. The van der Waals surface area contributed by atoms with Crippen LogP contribution in [-0.4, -0.2) is 14.3 Å². The van der Waals surface area contributed by atoms with Gasteiger partial charge in [-0.2, -0.15) is 0 Å². The van der Waals surface area contributed by atoms with Crippen LogP contribution in [0.1, 0.15) is 37.7 Å². The normalized spacial score (nSPS) is 15.3. The third kappa shape index (κ3) is 5.02. The third-order valence-corrected chi connectivity index (χ3v) is 6.59. The molecule has 1 fully saturated rings. The first-order valence-electron chi connectivity index (χ1n) is 9.05. The SMILES string of the molecule is Cc1ccc(NC(=O)C2CCCCC2)cc1S(=O)(=O)Nc1ccc(Cl)cc1. The van der Waals surface area contributed by atoms with Gasteiger partial charge in [-0.25, -0.2) is 8.42 Å². The Morgan fingerprint density at radius 3 is 2.30 bits per heavy atom. The van der Waals surface area contributed by atoms with Gasteiger partial charge in [-0.05, 0) is 61.7 Å². The number of carbonyl (C=O) groups is 1. The molecule has 0 saturated heterocycles. The molecular weight excluding hydrogens is 384 g/mol. The summed E-state index contributed by atoms with van der Waals surface area (Å²) in [5.41, 5.74) is 1.52. The number of hydrogen-bond donors (Lipinski definition) is 2. The average Bonchev–Trinajstić information content (AvgIpc) is 2.65. The summed E-state index contributed by atoms with van der Waals surface area (Å²) in [6.07, 6.45) is 5.09. The highest BCUT2D eigenvalue weighted by atomic mass is 35.5. The maximum absolute atomic E-state index is 12.8. The van der Waals surface area contributed by atoms with E-state index in [4.69, 9.17) is 11.6 Å². The van der Waals surface area contributed by atoms with Gasteiger partial charge in [0.2, 0.25) is 5.91 Å². The van der Waals surface area contributed by atoms with Crippen molar-refractivity contribution >= 4 is 38.9 Å². The minimum absolute atomic E-state index is 0.00676. The zero-order valence-corrected chi connectivity index (χ0v) is 16.7. The van der Waals surface area contributed by atoms with Gasteiger partial charge in [0.25, 0.3) is 10.0 Å². The zero-order chi connectivity index (χ0) is 19.4. The van der Waals surface area contributed by atoms with Crippen LogP contribution in [0.15, 0.2) is 47.4 Å². The quantitative estimate of drug-likeness (QED) is 0.736. The van der Waals surface area contributed by atoms with Gasteiger partial charge in [0, 0.05) is 22.3 Å². The summed E-state index contributed by atoms with van der Waals surface area (Å²) in [6.45, 7) is 1.73. The van der Waals surface area contributed by atoms with Crippen LogP contribution >= 0.6 is 11.6 Å². The fourth-order valence-electron chi connectivity index (χ4n) is 3.30. The number of carbonyl (C=O) groups excluding carboxylic acids is 1. The maximum atomic E-state index is 12.8. The van der Waals surface area contributed by atoms with Gasteiger partial charge >= 0.3 is 0 Å². The molecule has 7 heteroatoms. The average molecular weight is 407 g/mol. The van der Waals surface area contributed by atoms with Crippen molar-refractivity contribution in [2.24, 2.45) is 5.92 Å². The van der Waals surface area contributed by atoms with Crippen LogP contribution in [-0.2, 0) is 14.8 Å². The molecule has 0 spiro atoms. The van der Waals surface area contributed by atoms with Gasteiger partial charge in [0.1, 0.15) is 0 Å². The first-order valence-corrected chi connectivity index (χ1v) is 10.9. The Balaban J connectivity index is 1.79. The summed E-state index contributed by atoms with van der Waals surface area (Å²) in [6, 6.07) is 11.4. The molecular formula is C20H23ClN2O3S. The number of hydrogen-bond acceptors (Lipinski definition) is 3. The van der Waals surface area contributed by atoms with Crippen LogP contribution in [0.2, 0.25) is 5.02 Å². The molecule has 2 N–H and O–H groups in total. The number of amides is 1. The lowest BCUT2D eigenvalue weighted by Crippen LogP contribution is -2.25. The summed E-state index contributed by atoms with van der Waals surface area (Å²) in [5, 5.41) is 3.40. The Kier molecular flexibility index (Phi) is 6.07. The molecule has 0 aliphatic heterocycles. The molecule has 5 nitrogen and oxygen atoms in total. The summed E-state index contributed by atoms with van der Waals surface area (Å²) < 4.78 is 28.1. The highest BCUT2D eigenvalue weighted by Gasteiger charge is 2.22. The van der Waals surface area contributed by atoms with Gasteiger partial charge in [-0.3, -0.25) is 9.52 Å². The summed E-state index contributed by atoms with van der Waals surface area (Å²) in [5.74, 6) is -0.0279. The molecule has 144 valence electrons. The molecule has 1 saturated carbocycles. The van der Waals surface area contributed by atoms with E-state index >= 15 is 0 Å². The molecule has 0 unspecified atom stereocenters. The number of rotatable bonds is 5. The van der Waals surface area contributed by atoms with Crippen molar-refractivity contribution in [1.29, 1.82) is 0 Å². The molecule has 0 radical (unpaired) electrons. The second-order valence-corrected chi connectivity index (χ2v) is 9.00. The molecule has 1 aliphatic rings. The third-order valence-electron chi connectivity index (χ3n) is 4.82. The van der Waals surface area contributed by atoms with Gasteiger partial charge < -0.3 is 5.32 Å². The molecule has 27 heavy (non-hydrogen) atoms. The van der Waals surface area contributed by atoms with Crippen LogP contribution < -0.4 is 10.0 Å². The summed E-state index contributed by atoms with van der Waals surface area (Å²) >= 11 is 5.84. The molecule has 0 bridgehead atoms. The Bertz CT molecular complexity index is 921. The van der Waals surface area contributed by atoms with Crippen molar-refractivity contribution in [3.05, 3.63) is 53.1 Å². The van der Waals surface area contributed by atoms with Crippen molar-refractivity contribution in [2.45, 2.75) is 43.9 Å². The highest BCUT2D eigenvalue weighted by molar-refractivity contribution is 7.92. The fourth-order valence-corrected chi connectivity index (χ4v) is 4.76. The monoisotopic (exact) mass is 406 g/mol. The second kappa shape index (κ2) is 8.31. The van der Waals surface area contributed by atoms with Crippen LogP contribution in [0.4, 0.5) is 11.4 Å². The van der Waals surface area contributed by atoms with Crippen molar-refractivity contribution in [3.8, 4) is 0 Å². The van der Waals surface area contributed by atoms with E-state index in [0.717, 1.165) is 25.7 Å². The molecule has 1 aliphatic carbocycles. The van der Waals surface area contributed by atoms with E-state index in [0.29, 0.717) is 22.0 Å². The Morgan fingerprint density at radius 1 is 1.00 bits per heavy atom. The summed E-state index contributed by atoms with van der Waals surface area (Å²) in [7, 11) is -3.78. The molecule has 3 rings (SSSR count). The molecule has 2 aromatic rings. The number of sulfonamides is 1. The molecule has 0 atom stereocenters. The predicted octanol–water partition coefficient (Wildman–Crippen LogP) is 4.97. The van der Waals surface area contributed by atoms with E-state index in [9.17, 15) is 13.2 Å². The van der Waals surface area contributed by atoms with Crippen LogP contribution in [0, 0.1) is 12.8 Å². The largest absolute Gasteiger partial charge is 0.326 e. The first kappa shape index (κ1) is 19.7. The molecule has 0 heterocycles. The van der Waals surface area contributed by atoms with Crippen LogP contribution in [0.5, 0.6) is 0 Å². The lowest BCUT2D eigenvalue weighted by molar-refractivity contribution is -0.120. The smallest absolute Gasteiger partial charge is 0.262 e. The van der Waals surface area contributed by atoms with Crippen molar-refractivity contribution in [1.82, 2.24) is 0 Å². The Labute approximate surface area is 165 Å². The lowest BCUT2D eigenvalue weighted by atomic mass is 9.88. The molecule has 0 aromatic heterocycles. The van der Waals surface area contributed by atoms with E-state index in [2.05, 4.69) is 10.0 Å². The zero-order valence-electron chi connectivity index (χ0n) is 15.2. The Morgan fingerprint density at radius 2 is 1.63 bits per heavy atom. The number of halogens is 1. The van der Waals surface area contributed by atoms with Crippen molar-refractivity contribution in [2.75, 3.05) is 10.0 Å². The van der Waals surface area contributed by atoms with E-state index in [1.807, 2.05) is 0 Å². The summed E-state index contributed by atoms with van der Waals surface area (Å²) in [4.78, 5) is 12.6. The van der Waals surface area contributed by atoms with Gasteiger partial charge in [-0.1, -0.05) is 36.9 Å². The number of aryl methyl sites for hydroxylation is 1. The second-order valence-electron chi connectivity index (χ2n) is 6.92. The van der Waals surface area contributed by atoms with Crippen molar-refractivity contribution in [3.63, 3.8) is 0 Å². The minimum atomic E-state index is -3.78. The lowest BCUT2D eigenvalue weighted by Gasteiger charge is -2.21. The fraction of sp³-hybridized carbons (Fsp3) is 0.350. The standard InChI is InChI=1S/C20H23ClN2O3S/c1-14-7-10-18(22-20(24)15-5-3-2-4-6-15)13-19(14)27(25,26)23-17-11-8-16(21)9-12-17/h7-13,15,23H,2-6H2,1H3,(H,22,24). The first-order chi connectivity index (χ1) is 12.8. The predicted molar refractivity (Wildman–Crippen MR) is 109 cm³/mol. The number of nitrogens with one attached hydrogen (secondary N) is 2. The van der Waals surface area contributed by atoms with E-state index in [-0.39, 0.29) is 16.7 Å². The van der Waals surface area contributed by atoms with E-state index < -0.39 is 10.0 Å². The number of benzene rings is 2. The number of anilines is 2. The van der Waals surface area contributed by atoms with E-state index in [1.54, 1.807) is 43.3 Å². The Hall–Kier alpha value is -2.05. The van der Waals surface area contributed by atoms with Gasteiger partial charge in [0.15, 0.2) is 0 Å². The highest BCUT2D eigenvalue weighted by Crippen LogP contribution is 2.27. The van der Waals surface area contributed by atoms with Crippen LogP contribution in [0.3, 0.4) is 0 Å². The van der Waals surface area contributed by atoms with E-state index in [1.165, 1.54) is 12.5 Å². The minimum Gasteiger partial charge on any atom is -0.326 e. The van der Waals surface area contributed by atoms with Crippen molar-refractivity contribution < 1.29 is 13.2 Å². The molecule has 1 amide bonds. The topological polar surface area (TPSA) is 75.3 Å². The van der Waals surface area contributed by atoms with Crippen LogP contribution in [0.25, 0.3) is 0 Å².